The summed E-state index contributed by atoms with van der Waals surface area (Å²) in [4.78, 5) is 46.9. The van der Waals surface area contributed by atoms with Crippen molar-refractivity contribution in [1.29, 1.82) is 0 Å². The quantitative estimate of drug-likeness (QED) is 0.160. The minimum atomic E-state index is -1.15. The van der Waals surface area contributed by atoms with E-state index in [0.717, 1.165) is 28.6 Å². The van der Waals surface area contributed by atoms with E-state index in [1.165, 1.54) is 0 Å². The number of hydrogen-bond donors (Lipinski definition) is 1. The first-order valence-electron chi connectivity index (χ1n) is 14.3. The van der Waals surface area contributed by atoms with Crippen molar-refractivity contribution in [2.24, 2.45) is 5.41 Å². The molecule has 9 nitrogen and oxygen atoms in total. The number of fused-ring (bicyclic) bond motifs is 2. The number of carbonyl (C=O) groups excluding carboxylic acids is 2. The van der Waals surface area contributed by atoms with Crippen LogP contribution in [0.3, 0.4) is 0 Å². The van der Waals surface area contributed by atoms with E-state index in [-0.39, 0.29) is 48.2 Å². The van der Waals surface area contributed by atoms with Crippen molar-refractivity contribution in [3.8, 4) is 5.75 Å². The van der Waals surface area contributed by atoms with Crippen molar-refractivity contribution in [2.75, 3.05) is 36.5 Å². The highest BCUT2D eigenvalue weighted by molar-refractivity contribution is 7.09. The molecular weight excluding hydrogens is 621 g/mol. The van der Waals surface area contributed by atoms with E-state index in [1.54, 1.807) is 52.8 Å². The standard InChI is InChI=1S/C32H37N5O4S.2ClH/c1-5-37-26-12-11-23(21-27(26)35(4)30(39)32(2,3)31(37)40)41-19-8-15-33-25(28-34-16-20-42-28)14-18-36-17-13-22-9-6-7-10-24(22)29(36)38;;/h6-7,9-13,16-17,20-21,25,33H,5,8,14-15,18-19H2,1-4H3;2*1H. The number of rotatable bonds is 11. The number of pyridine rings is 1. The fourth-order valence-corrected chi connectivity index (χ4v) is 6.15. The molecule has 2 amide bonds. The van der Waals surface area contributed by atoms with Gasteiger partial charge in [-0.15, -0.1) is 36.2 Å². The first kappa shape index (κ1) is 35.0. The average molecular weight is 661 g/mol. The maximum atomic E-state index is 13.1. The number of hydrogen-bond acceptors (Lipinski definition) is 7. The molecule has 1 atom stereocenters. The van der Waals surface area contributed by atoms with E-state index in [4.69, 9.17) is 4.74 Å². The molecule has 236 valence electrons. The lowest BCUT2D eigenvalue weighted by Crippen LogP contribution is -2.47. The smallest absolute Gasteiger partial charge is 0.258 e. The maximum Gasteiger partial charge on any atom is 0.258 e. The van der Waals surface area contributed by atoms with Crippen LogP contribution in [0.5, 0.6) is 5.75 Å². The zero-order chi connectivity index (χ0) is 29.9. The number of amides is 2. The topological polar surface area (TPSA) is 96.8 Å². The lowest BCUT2D eigenvalue weighted by atomic mass is 9.90. The second-order valence-corrected chi connectivity index (χ2v) is 11.9. The summed E-state index contributed by atoms with van der Waals surface area (Å²) in [7, 11) is 1.70. The molecule has 0 aliphatic carbocycles. The minimum Gasteiger partial charge on any atom is -0.493 e. The summed E-state index contributed by atoms with van der Waals surface area (Å²) in [6.07, 6.45) is 5.13. The van der Waals surface area contributed by atoms with Crippen molar-refractivity contribution in [3.63, 3.8) is 0 Å². The highest BCUT2D eigenvalue weighted by atomic mass is 35.5. The van der Waals surface area contributed by atoms with Gasteiger partial charge in [-0.25, -0.2) is 4.98 Å². The Kier molecular flexibility index (Phi) is 12.0. The number of carbonyl (C=O) groups is 2. The summed E-state index contributed by atoms with van der Waals surface area (Å²) >= 11 is 1.60. The SMILES string of the molecule is CCN1C(=O)C(C)(C)C(=O)N(C)c2cc(OCCCNC(CCn3ccc4ccccc4c3=O)c3nccs3)ccc21.Cl.Cl. The van der Waals surface area contributed by atoms with Crippen LogP contribution < -0.4 is 25.4 Å². The Morgan fingerprint density at radius 3 is 2.52 bits per heavy atom. The number of benzene rings is 2. The van der Waals surface area contributed by atoms with E-state index < -0.39 is 5.41 Å². The molecule has 3 heterocycles. The molecule has 0 bridgehead atoms. The van der Waals surface area contributed by atoms with Gasteiger partial charge in [0.05, 0.1) is 24.0 Å². The summed E-state index contributed by atoms with van der Waals surface area (Å²) in [5, 5.41) is 8.21. The number of ether oxygens (including phenoxy) is 1. The Morgan fingerprint density at radius 2 is 1.80 bits per heavy atom. The first-order chi connectivity index (χ1) is 20.2. The fourth-order valence-electron chi connectivity index (χ4n) is 5.40. The molecule has 0 saturated carbocycles. The van der Waals surface area contributed by atoms with E-state index >= 15 is 0 Å². The molecule has 1 unspecified atom stereocenters. The molecular formula is C32H39Cl2N5O4S. The van der Waals surface area contributed by atoms with Crippen LogP contribution in [-0.4, -0.2) is 48.1 Å². The third kappa shape index (κ3) is 7.10. The van der Waals surface area contributed by atoms with Crippen LogP contribution in [-0.2, 0) is 16.1 Å². The molecule has 2 aromatic carbocycles. The molecule has 4 aromatic rings. The van der Waals surface area contributed by atoms with Gasteiger partial charge in [0.1, 0.15) is 16.2 Å². The van der Waals surface area contributed by atoms with Crippen LogP contribution in [0.4, 0.5) is 11.4 Å². The number of thiazole rings is 1. The second-order valence-electron chi connectivity index (χ2n) is 11.0. The van der Waals surface area contributed by atoms with Crippen LogP contribution >= 0.6 is 36.2 Å². The average Bonchev–Trinajstić information content (AvgIpc) is 3.53. The van der Waals surface area contributed by atoms with Crippen molar-refractivity contribution in [2.45, 2.75) is 46.2 Å². The third-order valence-electron chi connectivity index (χ3n) is 7.81. The van der Waals surface area contributed by atoms with Gasteiger partial charge in [0.25, 0.3) is 5.56 Å². The first-order valence-corrected chi connectivity index (χ1v) is 15.2. The Labute approximate surface area is 274 Å². The Bertz CT molecular complexity index is 1640. The van der Waals surface area contributed by atoms with Crippen molar-refractivity contribution in [1.82, 2.24) is 14.9 Å². The minimum absolute atomic E-state index is 0. The predicted octanol–water partition coefficient (Wildman–Crippen LogP) is 5.85. The van der Waals surface area contributed by atoms with Gasteiger partial charge in [-0.2, -0.15) is 0 Å². The molecule has 1 aliphatic rings. The molecule has 2 aromatic heterocycles. The van der Waals surface area contributed by atoms with E-state index in [9.17, 15) is 14.4 Å². The van der Waals surface area contributed by atoms with Gasteiger partial charge in [-0.1, -0.05) is 18.2 Å². The van der Waals surface area contributed by atoms with Crippen LogP contribution in [0.15, 0.2) is 71.1 Å². The second kappa shape index (κ2) is 15.0. The number of halogens is 2. The summed E-state index contributed by atoms with van der Waals surface area (Å²) in [5.41, 5.74) is 0.230. The van der Waals surface area contributed by atoms with Gasteiger partial charge in [0, 0.05) is 49.4 Å². The number of aromatic nitrogens is 2. The number of aryl methyl sites for hydroxylation is 1. The van der Waals surface area contributed by atoms with Crippen LogP contribution in [0.25, 0.3) is 10.8 Å². The van der Waals surface area contributed by atoms with Crippen molar-refractivity contribution < 1.29 is 14.3 Å². The van der Waals surface area contributed by atoms with Crippen LogP contribution in [0.1, 0.15) is 44.7 Å². The zero-order valence-corrected chi connectivity index (χ0v) is 27.8. The molecule has 0 saturated heterocycles. The van der Waals surface area contributed by atoms with Gasteiger partial charge >= 0.3 is 0 Å². The Hall–Kier alpha value is -3.44. The van der Waals surface area contributed by atoms with E-state index in [0.29, 0.717) is 43.4 Å². The third-order valence-corrected chi connectivity index (χ3v) is 8.70. The summed E-state index contributed by atoms with van der Waals surface area (Å²) < 4.78 is 7.83. The Balaban J connectivity index is 0.00000264. The molecule has 5 rings (SSSR count). The summed E-state index contributed by atoms with van der Waals surface area (Å²) in [6.45, 7) is 7.47. The monoisotopic (exact) mass is 659 g/mol. The summed E-state index contributed by atoms with van der Waals surface area (Å²) in [6, 6.07) is 15.2. The zero-order valence-electron chi connectivity index (χ0n) is 25.3. The molecule has 0 spiro atoms. The van der Waals surface area contributed by atoms with Gasteiger partial charge in [-0.05, 0) is 69.8 Å². The van der Waals surface area contributed by atoms with E-state index in [1.807, 2.05) is 67.0 Å². The van der Waals surface area contributed by atoms with Crippen molar-refractivity contribution >= 4 is 70.1 Å². The molecule has 12 heteroatoms. The fraction of sp³-hybridized carbons (Fsp3) is 0.375. The lowest BCUT2D eigenvalue weighted by molar-refractivity contribution is -0.137. The number of nitrogens with one attached hydrogen (secondary N) is 1. The summed E-state index contributed by atoms with van der Waals surface area (Å²) in [5.74, 6) is 0.189. The largest absolute Gasteiger partial charge is 0.493 e. The normalized spacial score (nSPS) is 14.8. The van der Waals surface area contributed by atoms with Gasteiger partial charge in [-0.3, -0.25) is 14.4 Å². The Morgan fingerprint density at radius 1 is 1.02 bits per heavy atom. The molecule has 44 heavy (non-hydrogen) atoms. The van der Waals surface area contributed by atoms with Gasteiger partial charge < -0.3 is 24.4 Å². The number of nitrogens with zero attached hydrogens (tertiary/aromatic N) is 4. The van der Waals surface area contributed by atoms with E-state index in [2.05, 4.69) is 10.3 Å². The highest BCUT2D eigenvalue weighted by Crippen LogP contribution is 2.40. The molecule has 1 N–H and O–H groups in total. The highest BCUT2D eigenvalue weighted by Gasteiger charge is 2.45. The molecule has 0 radical (unpaired) electrons. The van der Waals surface area contributed by atoms with Crippen molar-refractivity contribution in [3.05, 3.63) is 81.7 Å². The van der Waals surface area contributed by atoms with Crippen LogP contribution in [0.2, 0.25) is 0 Å². The van der Waals surface area contributed by atoms with Crippen LogP contribution in [0, 0.1) is 5.41 Å². The van der Waals surface area contributed by atoms with Gasteiger partial charge in [0.15, 0.2) is 0 Å². The maximum absolute atomic E-state index is 13.1. The van der Waals surface area contributed by atoms with Gasteiger partial charge in [0.2, 0.25) is 11.8 Å². The predicted molar refractivity (Wildman–Crippen MR) is 182 cm³/mol. The lowest BCUT2D eigenvalue weighted by Gasteiger charge is -2.27. The molecule has 0 fully saturated rings. The number of anilines is 2. The molecule has 1 aliphatic heterocycles.